The first kappa shape index (κ1) is 13.6. The molecule has 0 radical (unpaired) electrons. The summed E-state index contributed by atoms with van der Waals surface area (Å²) in [6.45, 7) is 6.43. The average molecular weight is 246 g/mol. The van der Waals surface area contributed by atoms with E-state index < -0.39 is 0 Å². The maximum atomic E-state index is 3.64. The second kappa shape index (κ2) is 5.41. The summed E-state index contributed by atoms with van der Waals surface area (Å²) in [6, 6.07) is 6.79. The molecule has 100 valence electrons. The van der Waals surface area contributed by atoms with Crippen LogP contribution in [0.25, 0.3) is 0 Å². The van der Waals surface area contributed by atoms with E-state index in [1.807, 2.05) is 0 Å². The summed E-state index contributed by atoms with van der Waals surface area (Å²) in [4.78, 5) is 2.39. The highest BCUT2D eigenvalue weighted by Gasteiger charge is 2.38. The molecule has 18 heavy (non-hydrogen) atoms. The van der Waals surface area contributed by atoms with Gasteiger partial charge in [0.2, 0.25) is 0 Å². The van der Waals surface area contributed by atoms with Crippen LogP contribution >= 0.6 is 0 Å². The number of hydrogen-bond acceptors (Lipinski definition) is 2. The van der Waals surface area contributed by atoms with Crippen molar-refractivity contribution in [2.24, 2.45) is 0 Å². The quantitative estimate of drug-likeness (QED) is 0.859. The molecule has 1 N–H and O–H groups in total. The van der Waals surface area contributed by atoms with E-state index in [-0.39, 0.29) is 0 Å². The van der Waals surface area contributed by atoms with Crippen LogP contribution < -0.4 is 5.32 Å². The third-order valence-electron chi connectivity index (χ3n) is 4.30. The van der Waals surface area contributed by atoms with E-state index in [1.165, 1.54) is 36.0 Å². The van der Waals surface area contributed by atoms with E-state index in [4.69, 9.17) is 0 Å². The molecule has 0 unspecified atom stereocenters. The third-order valence-corrected chi connectivity index (χ3v) is 4.30. The summed E-state index contributed by atoms with van der Waals surface area (Å²) in [5, 5.41) is 3.64. The first-order valence-electron chi connectivity index (χ1n) is 6.97. The maximum absolute atomic E-state index is 3.64. The zero-order valence-electron chi connectivity index (χ0n) is 12.2. The Morgan fingerprint density at radius 1 is 1.11 bits per heavy atom. The Balaban J connectivity index is 1.88. The zero-order valence-corrected chi connectivity index (χ0v) is 12.2. The zero-order chi connectivity index (χ0) is 13.2. The summed E-state index contributed by atoms with van der Waals surface area (Å²) >= 11 is 0. The Bertz CT molecular complexity index is 385. The molecule has 0 aliphatic heterocycles. The highest BCUT2D eigenvalue weighted by Crippen LogP contribution is 2.35. The molecule has 0 atom stereocenters. The van der Waals surface area contributed by atoms with Crippen molar-refractivity contribution in [1.82, 2.24) is 10.2 Å². The van der Waals surface area contributed by atoms with Gasteiger partial charge in [-0.15, -0.1) is 0 Å². The average Bonchev–Trinajstić information content (AvgIpc) is 2.19. The lowest BCUT2D eigenvalue weighted by atomic mass is 9.75. The number of likely N-dealkylation sites (N-methyl/N-ethyl adjacent to an activating group) is 1. The first-order chi connectivity index (χ1) is 8.52. The third kappa shape index (κ3) is 2.93. The monoisotopic (exact) mass is 246 g/mol. The van der Waals surface area contributed by atoms with Gasteiger partial charge in [-0.1, -0.05) is 29.3 Å². The summed E-state index contributed by atoms with van der Waals surface area (Å²) < 4.78 is 0. The summed E-state index contributed by atoms with van der Waals surface area (Å²) in [5.41, 5.74) is 4.54. The topological polar surface area (TPSA) is 15.3 Å². The molecule has 1 saturated carbocycles. The molecular weight excluding hydrogens is 220 g/mol. The van der Waals surface area contributed by atoms with Gasteiger partial charge in [-0.05, 0) is 52.8 Å². The number of hydrogen-bond donors (Lipinski definition) is 1. The molecule has 0 aromatic heterocycles. The van der Waals surface area contributed by atoms with Crippen LogP contribution in [-0.2, 0) is 6.54 Å². The Kier molecular flexibility index (Phi) is 4.08. The number of benzene rings is 1. The standard InChI is InChI=1S/C16H26N2/c1-13-8-14(2)10-15(9-13)11-17-12-16(18(3)4)6-5-7-16/h8-10,17H,5-7,11-12H2,1-4H3. The Morgan fingerprint density at radius 2 is 1.72 bits per heavy atom. The van der Waals surface area contributed by atoms with Crippen LogP contribution in [0.3, 0.4) is 0 Å². The van der Waals surface area contributed by atoms with Crippen LogP contribution in [0, 0.1) is 13.8 Å². The van der Waals surface area contributed by atoms with Crippen molar-refractivity contribution in [3.05, 3.63) is 34.9 Å². The lowest BCUT2D eigenvalue weighted by Gasteiger charge is -2.47. The number of rotatable bonds is 5. The number of nitrogens with zero attached hydrogens (tertiary/aromatic N) is 1. The largest absolute Gasteiger partial charge is 0.311 e. The summed E-state index contributed by atoms with van der Waals surface area (Å²) in [5.74, 6) is 0. The molecule has 0 heterocycles. The Morgan fingerprint density at radius 3 is 2.17 bits per heavy atom. The van der Waals surface area contributed by atoms with E-state index in [2.05, 4.69) is 56.4 Å². The van der Waals surface area contributed by atoms with Crippen molar-refractivity contribution in [1.29, 1.82) is 0 Å². The van der Waals surface area contributed by atoms with Crippen LogP contribution in [0.4, 0.5) is 0 Å². The molecule has 2 heteroatoms. The summed E-state index contributed by atoms with van der Waals surface area (Å²) in [6.07, 6.45) is 4.04. The van der Waals surface area contributed by atoms with Gasteiger partial charge < -0.3 is 10.2 Å². The van der Waals surface area contributed by atoms with Gasteiger partial charge >= 0.3 is 0 Å². The number of nitrogens with one attached hydrogen (secondary N) is 1. The highest BCUT2D eigenvalue weighted by atomic mass is 15.2. The normalized spacial score (nSPS) is 17.8. The lowest BCUT2D eigenvalue weighted by molar-refractivity contribution is 0.0598. The van der Waals surface area contributed by atoms with Gasteiger partial charge in [-0.3, -0.25) is 0 Å². The minimum atomic E-state index is 0.416. The predicted octanol–water partition coefficient (Wildman–Crippen LogP) is 2.88. The van der Waals surface area contributed by atoms with E-state index in [0.717, 1.165) is 13.1 Å². The first-order valence-corrected chi connectivity index (χ1v) is 6.97. The van der Waals surface area contributed by atoms with Gasteiger partial charge in [0, 0.05) is 18.6 Å². The van der Waals surface area contributed by atoms with Crippen molar-refractivity contribution >= 4 is 0 Å². The van der Waals surface area contributed by atoms with Gasteiger partial charge in [0.15, 0.2) is 0 Å². The molecule has 0 saturated heterocycles. The van der Waals surface area contributed by atoms with Crippen molar-refractivity contribution in [2.45, 2.75) is 45.2 Å². The molecule has 1 aliphatic carbocycles. The van der Waals surface area contributed by atoms with Crippen molar-refractivity contribution in [3.8, 4) is 0 Å². The molecule has 0 spiro atoms. The molecule has 1 aromatic rings. The predicted molar refractivity (Wildman–Crippen MR) is 77.9 cm³/mol. The van der Waals surface area contributed by atoms with Crippen molar-refractivity contribution < 1.29 is 0 Å². The molecular formula is C16H26N2. The van der Waals surface area contributed by atoms with E-state index in [9.17, 15) is 0 Å². The van der Waals surface area contributed by atoms with Crippen LogP contribution in [0.2, 0.25) is 0 Å². The molecule has 2 rings (SSSR count). The van der Waals surface area contributed by atoms with Crippen molar-refractivity contribution in [3.63, 3.8) is 0 Å². The smallest absolute Gasteiger partial charge is 0.0328 e. The van der Waals surface area contributed by atoms with Crippen LogP contribution in [-0.4, -0.2) is 31.1 Å². The molecule has 1 fully saturated rings. The fraction of sp³-hybridized carbons (Fsp3) is 0.625. The van der Waals surface area contributed by atoms with E-state index >= 15 is 0 Å². The second-order valence-electron chi connectivity index (χ2n) is 6.07. The van der Waals surface area contributed by atoms with Gasteiger partial charge in [0.1, 0.15) is 0 Å². The van der Waals surface area contributed by atoms with Gasteiger partial charge in [0.25, 0.3) is 0 Å². The van der Waals surface area contributed by atoms with Crippen molar-refractivity contribution in [2.75, 3.05) is 20.6 Å². The summed E-state index contributed by atoms with van der Waals surface area (Å²) in [7, 11) is 4.41. The lowest BCUT2D eigenvalue weighted by Crippen LogP contribution is -2.56. The van der Waals surface area contributed by atoms with Gasteiger partial charge in [0.05, 0.1) is 0 Å². The fourth-order valence-electron chi connectivity index (χ4n) is 2.98. The maximum Gasteiger partial charge on any atom is 0.0328 e. The highest BCUT2D eigenvalue weighted by molar-refractivity contribution is 5.28. The molecule has 1 aliphatic rings. The molecule has 0 amide bonds. The minimum Gasteiger partial charge on any atom is -0.311 e. The fourth-order valence-corrected chi connectivity index (χ4v) is 2.98. The van der Waals surface area contributed by atoms with E-state index in [1.54, 1.807) is 0 Å². The number of aryl methyl sites for hydroxylation is 2. The molecule has 1 aromatic carbocycles. The van der Waals surface area contributed by atoms with Gasteiger partial charge in [-0.25, -0.2) is 0 Å². The van der Waals surface area contributed by atoms with Crippen LogP contribution in [0.15, 0.2) is 18.2 Å². The van der Waals surface area contributed by atoms with Gasteiger partial charge in [-0.2, -0.15) is 0 Å². The molecule has 2 nitrogen and oxygen atoms in total. The van der Waals surface area contributed by atoms with E-state index in [0.29, 0.717) is 5.54 Å². The SMILES string of the molecule is Cc1cc(C)cc(CNCC2(N(C)C)CCC2)c1. The van der Waals surface area contributed by atoms with Crippen LogP contribution in [0.1, 0.15) is 36.0 Å². The van der Waals surface area contributed by atoms with Crippen LogP contribution in [0.5, 0.6) is 0 Å². The second-order valence-corrected chi connectivity index (χ2v) is 6.07. The Labute approximate surface area is 111 Å². The molecule has 0 bridgehead atoms. The minimum absolute atomic E-state index is 0.416. The Hall–Kier alpha value is -0.860.